The number of ether oxygens (including phenoxy) is 1. The van der Waals surface area contributed by atoms with Gasteiger partial charge in [-0.05, 0) is 29.0 Å². The lowest BCUT2D eigenvalue weighted by Gasteiger charge is -2.13. The molecular formula is C21H12O5. The molecule has 1 aliphatic heterocycles. The largest absolute Gasteiger partial charge is 0.506 e. The molecule has 5 nitrogen and oxygen atoms in total. The number of fused-ring (bicyclic) bond motifs is 3. The van der Waals surface area contributed by atoms with Crippen LogP contribution in [0.3, 0.4) is 0 Å². The van der Waals surface area contributed by atoms with Crippen LogP contribution in [0.1, 0.15) is 27.6 Å². The second kappa shape index (κ2) is 5.20. The minimum absolute atomic E-state index is 0.0638. The minimum Gasteiger partial charge on any atom is -0.506 e. The summed E-state index contributed by atoms with van der Waals surface area (Å²) in [6.45, 7) is 0. The summed E-state index contributed by atoms with van der Waals surface area (Å²) in [6.07, 6.45) is -0.981. The molecule has 5 rings (SSSR count). The molecule has 0 amide bonds. The number of hydrogen-bond donors (Lipinski definition) is 1. The molecule has 0 aliphatic carbocycles. The zero-order valence-corrected chi connectivity index (χ0v) is 13.4. The van der Waals surface area contributed by atoms with Crippen molar-refractivity contribution in [3.05, 3.63) is 87.8 Å². The maximum absolute atomic E-state index is 12.6. The first-order chi connectivity index (χ1) is 12.6. The van der Waals surface area contributed by atoms with Gasteiger partial charge in [-0.1, -0.05) is 42.5 Å². The molecule has 0 saturated heterocycles. The van der Waals surface area contributed by atoms with Crippen molar-refractivity contribution in [2.75, 3.05) is 0 Å². The summed E-state index contributed by atoms with van der Waals surface area (Å²) >= 11 is 0. The van der Waals surface area contributed by atoms with Crippen molar-refractivity contribution in [3.63, 3.8) is 0 Å². The van der Waals surface area contributed by atoms with Crippen molar-refractivity contribution in [2.24, 2.45) is 0 Å². The van der Waals surface area contributed by atoms with Crippen LogP contribution in [0.25, 0.3) is 21.7 Å². The van der Waals surface area contributed by atoms with Gasteiger partial charge in [-0.15, -0.1) is 0 Å². The number of carbonyl (C=O) groups is 1. The van der Waals surface area contributed by atoms with Crippen LogP contribution in [0.5, 0.6) is 5.75 Å². The van der Waals surface area contributed by atoms with Gasteiger partial charge in [0.15, 0.2) is 6.10 Å². The van der Waals surface area contributed by atoms with Crippen molar-refractivity contribution >= 4 is 27.7 Å². The highest BCUT2D eigenvalue weighted by molar-refractivity contribution is 5.99. The molecule has 2 heterocycles. The highest BCUT2D eigenvalue weighted by atomic mass is 16.6. The first-order valence-electron chi connectivity index (χ1n) is 8.12. The van der Waals surface area contributed by atoms with E-state index < -0.39 is 17.7 Å². The Kier molecular flexibility index (Phi) is 2.94. The fourth-order valence-corrected chi connectivity index (χ4v) is 3.48. The zero-order valence-electron chi connectivity index (χ0n) is 13.4. The summed E-state index contributed by atoms with van der Waals surface area (Å²) in [5, 5.41) is 13.0. The molecule has 1 unspecified atom stereocenters. The van der Waals surface area contributed by atoms with E-state index in [1.54, 1.807) is 36.4 Å². The van der Waals surface area contributed by atoms with Gasteiger partial charge in [0.2, 0.25) is 0 Å². The molecule has 4 aromatic rings. The predicted octanol–water partition coefficient (Wildman–Crippen LogP) is 3.91. The lowest BCUT2D eigenvalue weighted by atomic mass is 9.98. The summed E-state index contributed by atoms with van der Waals surface area (Å²) in [5.74, 6) is -0.750. The molecule has 0 bridgehead atoms. The van der Waals surface area contributed by atoms with E-state index in [4.69, 9.17) is 9.15 Å². The predicted molar refractivity (Wildman–Crippen MR) is 95.4 cm³/mol. The van der Waals surface area contributed by atoms with E-state index in [1.807, 2.05) is 24.3 Å². The van der Waals surface area contributed by atoms with Gasteiger partial charge >= 0.3 is 11.6 Å². The number of aromatic hydroxyl groups is 1. The average Bonchev–Trinajstić information content (AvgIpc) is 2.97. The van der Waals surface area contributed by atoms with Gasteiger partial charge in [-0.3, -0.25) is 0 Å². The standard InChI is InChI=1S/C21H12O5/c22-18-15-9-11-5-1-2-6-12(11)10-16(15)25-21(24)17(18)19-13-7-3-4-8-14(13)20(23)26-19/h1-10,19,22H. The Balaban J connectivity index is 1.80. The number of carbonyl (C=O) groups excluding carboxylic acids is 1. The van der Waals surface area contributed by atoms with Crippen molar-refractivity contribution in [3.8, 4) is 5.75 Å². The molecule has 1 aromatic heterocycles. The number of esters is 1. The van der Waals surface area contributed by atoms with E-state index in [0.717, 1.165) is 10.8 Å². The normalized spacial score (nSPS) is 16.0. The maximum Gasteiger partial charge on any atom is 0.347 e. The summed E-state index contributed by atoms with van der Waals surface area (Å²) in [5.41, 5.74) is 0.425. The SMILES string of the molecule is O=C1OC(c2c(O)c3cc4ccccc4cc3oc2=O)c2ccccc21. The molecule has 126 valence electrons. The third-order valence-corrected chi connectivity index (χ3v) is 4.73. The van der Waals surface area contributed by atoms with Gasteiger partial charge in [-0.2, -0.15) is 0 Å². The van der Waals surface area contributed by atoms with Crippen LogP contribution >= 0.6 is 0 Å². The quantitative estimate of drug-likeness (QED) is 0.322. The van der Waals surface area contributed by atoms with Gasteiger partial charge in [-0.25, -0.2) is 9.59 Å². The van der Waals surface area contributed by atoms with Crippen LogP contribution in [0.15, 0.2) is 69.9 Å². The lowest BCUT2D eigenvalue weighted by Crippen LogP contribution is -2.14. The third kappa shape index (κ3) is 1.97. The van der Waals surface area contributed by atoms with Crippen molar-refractivity contribution in [2.45, 2.75) is 6.10 Å². The van der Waals surface area contributed by atoms with E-state index in [0.29, 0.717) is 16.5 Å². The maximum atomic E-state index is 12.6. The second-order valence-corrected chi connectivity index (χ2v) is 6.22. The highest BCUT2D eigenvalue weighted by Gasteiger charge is 2.36. The van der Waals surface area contributed by atoms with Crippen molar-refractivity contribution in [1.82, 2.24) is 0 Å². The topological polar surface area (TPSA) is 76.7 Å². The Hall–Kier alpha value is -3.60. The van der Waals surface area contributed by atoms with Crippen LogP contribution in [0.2, 0.25) is 0 Å². The van der Waals surface area contributed by atoms with Crippen LogP contribution in [0, 0.1) is 0 Å². The summed E-state index contributed by atoms with van der Waals surface area (Å²) in [7, 11) is 0. The Morgan fingerprint density at radius 2 is 1.58 bits per heavy atom. The van der Waals surface area contributed by atoms with Crippen LogP contribution < -0.4 is 5.63 Å². The Bertz CT molecular complexity index is 1270. The molecule has 3 aromatic carbocycles. The van der Waals surface area contributed by atoms with E-state index in [2.05, 4.69) is 0 Å². The van der Waals surface area contributed by atoms with Crippen LogP contribution in [-0.2, 0) is 4.74 Å². The van der Waals surface area contributed by atoms with Crippen LogP contribution in [0.4, 0.5) is 0 Å². The Morgan fingerprint density at radius 3 is 2.38 bits per heavy atom. The van der Waals surface area contributed by atoms with E-state index in [9.17, 15) is 14.7 Å². The second-order valence-electron chi connectivity index (χ2n) is 6.22. The average molecular weight is 344 g/mol. The van der Waals surface area contributed by atoms with Crippen molar-refractivity contribution < 1.29 is 19.1 Å². The molecule has 0 saturated carbocycles. The molecule has 1 N–H and O–H groups in total. The first kappa shape index (κ1) is 14.7. The van der Waals surface area contributed by atoms with Gasteiger partial charge in [0.1, 0.15) is 16.9 Å². The number of cyclic esters (lactones) is 1. The van der Waals surface area contributed by atoms with E-state index in [-0.39, 0.29) is 16.9 Å². The molecule has 5 heteroatoms. The number of rotatable bonds is 1. The third-order valence-electron chi connectivity index (χ3n) is 4.73. The lowest BCUT2D eigenvalue weighted by molar-refractivity contribution is 0.0448. The zero-order chi connectivity index (χ0) is 17.8. The number of benzene rings is 3. The van der Waals surface area contributed by atoms with E-state index in [1.165, 1.54) is 0 Å². The molecule has 0 radical (unpaired) electrons. The summed E-state index contributed by atoms with van der Waals surface area (Å²) < 4.78 is 10.8. The molecule has 1 atom stereocenters. The van der Waals surface area contributed by atoms with Gasteiger partial charge < -0.3 is 14.3 Å². The summed E-state index contributed by atoms with van der Waals surface area (Å²) in [6, 6.07) is 17.9. The molecular weight excluding hydrogens is 332 g/mol. The highest BCUT2D eigenvalue weighted by Crippen LogP contribution is 2.40. The van der Waals surface area contributed by atoms with E-state index >= 15 is 0 Å². The minimum atomic E-state index is -0.981. The smallest absolute Gasteiger partial charge is 0.347 e. The van der Waals surface area contributed by atoms with Gasteiger partial charge in [0, 0.05) is 5.56 Å². The molecule has 26 heavy (non-hydrogen) atoms. The van der Waals surface area contributed by atoms with Crippen LogP contribution in [-0.4, -0.2) is 11.1 Å². The first-order valence-corrected chi connectivity index (χ1v) is 8.12. The fourth-order valence-electron chi connectivity index (χ4n) is 3.48. The van der Waals surface area contributed by atoms with Gasteiger partial charge in [0.05, 0.1) is 10.9 Å². The molecule has 1 aliphatic rings. The van der Waals surface area contributed by atoms with Gasteiger partial charge in [0.25, 0.3) is 0 Å². The molecule has 0 spiro atoms. The fraction of sp³-hybridized carbons (Fsp3) is 0.0476. The monoisotopic (exact) mass is 344 g/mol. The molecule has 0 fully saturated rings. The Morgan fingerprint density at radius 1 is 0.885 bits per heavy atom. The Labute approximate surface area is 147 Å². The van der Waals surface area contributed by atoms with Crippen molar-refractivity contribution in [1.29, 1.82) is 0 Å². The summed E-state index contributed by atoms with van der Waals surface area (Å²) in [4.78, 5) is 24.6. The number of hydrogen-bond acceptors (Lipinski definition) is 5.